The van der Waals surface area contributed by atoms with Gasteiger partial charge in [0.25, 0.3) is 0 Å². The van der Waals surface area contributed by atoms with Gasteiger partial charge in [0.15, 0.2) is 0 Å². The molecule has 0 aliphatic carbocycles. The van der Waals surface area contributed by atoms with Crippen LogP contribution in [0.5, 0.6) is 0 Å². The van der Waals surface area contributed by atoms with Crippen LogP contribution in [0.1, 0.15) is 57.4 Å². The summed E-state index contributed by atoms with van der Waals surface area (Å²) in [4.78, 5) is 0. The number of furan rings is 1. The highest BCUT2D eigenvalue weighted by Crippen LogP contribution is 2.35. The zero-order valence-corrected chi connectivity index (χ0v) is 12.2. The number of benzene rings is 1. The normalized spacial score (nSPS) is 11.7. The molecule has 0 fully saturated rings. The lowest BCUT2D eigenvalue weighted by Gasteiger charge is -2.17. The Morgan fingerprint density at radius 2 is 2.00 bits per heavy atom. The Morgan fingerprint density at radius 3 is 2.58 bits per heavy atom. The molecule has 2 heteroatoms. The third kappa shape index (κ3) is 2.66. The Labute approximate surface area is 115 Å². The van der Waals surface area contributed by atoms with E-state index in [0.717, 1.165) is 23.0 Å². The van der Waals surface area contributed by atoms with E-state index in [9.17, 15) is 5.26 Å². The third-order valence-corrected chi connectivity index (χ3v) is 3.42. The minimum absolute atomic E-state index is 0.0836. The fourth-order valence-corrected chi connectivity index (χ4v) is 2.50. The molecule has 0 aliphatic heterocycles. The molecule has 2 rings (SSSR count). The highest BCUT2D eigenvalue weighted by molar-refractivity contribution is 5.85. The van der Waals surface area contributed by atoms with Crippen molar-refractivity contribution < 1.29 is 4.42 Å². The molecule has 0 saturated heterocycles. The van der Waals surface area contributed by atoms with Crippen LogP contribution in [0, 0.1) is 11.3 Å². The average molecular weight is 255 g/mol. The predicted octanol–water partition coefficient (Wildman–Crippen LogP) is 4.94. The van der Waals surface area contributed by atoms with Crippen LogP contribution in [-0.4, -0.2) is 0 Å². The zero-order chi connectivity index (χ0) is 14.0. The third-order valence-electron chi connectivity index (χ3n) is 3.42. The molecule has 19 heavy (non-hydrogen) atoms. The summed E-state index contributed by atoms with van der Waals surface area (Å²) in [7, 11) is 0. The Kier molecular flexibility index (Phi) is 3.66. The van der Waals surface area contributed by atoms with Crippen LogP contribution in [0.15, 0.2) is 22.6 Å². The van der Waals surface area contributed by atoms with E-state index < -0.39 is 0 Å². The van der Waals surface area contributed by atoms with E-state index in [0.29, 0.717) is 5.76 Å². The number of unbranched alkanes of at least 4 members (excludes halogenated alkanes) is 1. The van der Waals surface area contributed by atoms with Crippen molar-refractivity contribution in [3.63, 3.8) is 0 Å². The van der Waals surface area contributed by atoms with Crippen LogP contribution in [0.3, 0.4) is 0 Å². The average Bonchev–Trinajstić information content (AvgIpc) is 2.73. The second kappa shape index (κ2) is 5.09. The lowest BCUT2D eigenvalue weighted by atomic mass is 9.84. The molecule has 1 heterocycles. The van der Waals surface area contributed by atoms with E-state index in [1.807, 2.05) is 6.07 Å². The Balaban J connectivity index is 2.60. The molecule has 0 spiro atoms. The molecule has 2 aromatic rings. The van der Waals surface area contributed by atoms with Gasteiger partial charge in [-0.05, 0) is 36.0 Å². The first-order valence-corrected chi connectivity index (χ1v) is 6.93. The van der Waals surface area contributed by atoms with Crippen LogP contribution >= 0.6 is 0 Å². The quantitative estimate of drug-likeness (QED) is 0.778. The van der Waals surface area contributed by atoms with E-state index in [1.165, 1.54) is 18.4 Å². The Hall–Kier alpha value is -1.75. The molecule has 1 aromatic heterocycles. The molecule has 0 saturated carbocycles. The van der Waals surface area contributed by atoms with Crippen molar-refractivity contribution in [1.82, 2.24) is 0 Å². The van der Waals surface area contributed by atoms with Gasteiger partial charge in [-0.3, -0.25) is 0 Å². The summed E-state index contributed by atoms with van der Waals surface area (Å²) in [5, 5.41) is 10.3. The lowest BCUT2D eigenvalue weighted by molar-refractivity contribution is 0.546. The van der Waals surface area contributed by atoms with Crippen LogP contribution in [0.25, 0.3) is 11.0 Å². The minimum atomic E-state index is -0.0836. The Bertz CT molecular complexity index is 623. The molecule has 0 unspecified atom stereocenters. The number of aryl methyl sites for hydroxylation is 1. The van der Waals surface area contributed by atoms with Crippen molar-refractivity contribution in [1.29, 1.82) is 5.26 Å². The van der Waals surface area contributed by atoms with Gasteiger partial charge >= 0.3 is 0 Å². The minimum Gasteiger partial charge on any atom is -0.445 e. The summed E-state index contributed by atoms with van der Waals surface area (Å²) in [6, 6.07) is 8.48. The number of hydrogen-bond donors (Lipinski definition) is 0. The van der Waals surface area contributed by atoms with E-state index >= 15 is 0 Å². The van der Waals surface area contributed by atoms with Crippen LogP contribution in [0.4, 0.5) is 0 Å². The second-order valence-corrected chi connectivity index (χ2v) is 6.10. The molecule has 0 amide bonds. The topological polar surface area (TPSA) is 36.9 Å². The monoisotopic (exact) mass is 255 g/mol. The van der Waals surface area contributed by atoms with Crippen LogP contribution < -0.4 is 0 Å². The summed E-state index contributed by atoms with van der Waals surface area (Å²) >= 11 is 0. The first-order valence-electron chi connectivity index (χ1n) is 6.93. The molecule has 1 aromatic carbocycles. The van der Waals surface area contributed by atoms with Gasteiger partial charge in [-0.15, -0.1) is 0 Å². The van der Waals surface area contributed by atoms with Crippen molar-refractivity contribution in [3.05, 3.63) is 35.1 Å². The van der Waals surface area contributed by atoms with Gasteiger partial charge in [-0.1, -0.05) is 40.2 Å². The molecule has 0 atom stereocenters. The fourth-order valence-electron chi connectivity index (χ4n) is 2.50. The van der Waals surface area contributed by atoms with Gasteiger partial charge in [0.05, 0.1) is 0 Å². The summed E-state index contributed by atoms with van der Waals surface area (Å²) in [6.45, 7) is 8.56. The van der Waals surface area contributed by atoms with E-state index in [1.54, 1.807) is 0 Å². The van der Waals surface area contributed by atoms with Gasteiger partial charge in [0, 0.05) is 10.9 Å². The van der Waals surface area contributed by atoms with Gasteiger partial charge in [0.2, 0.25) is 5.76 Å². The maximum absolute atomic E-state index is 9.25. The smallest absolute Gasteiger partial charge is 0.208 e. The van der Waals surface area contributed by atoms with Crippen LogP contribution in [-0.2, 0) is 11.8 Å². The van der Waals surface area contributed by atoms with Gasteiger partial charge in [-0.2, -0.15) is 5.26 Å². The largest absolute Gasteiger partial charge is 0.445 e. The maximum atomic E-state index is 9.25. The van der Waals surface area contributed by atoms with Gasteiger partial charge in [0.1, 0.15) is 11.7 Å². The van der Waals surface area contributed by atoms with E-state index in [-0.39, 0.29) is 5.41 Å². The van der Waals surface area contributed by atoms with E-state index in [2.05, 4.69) is 45.9 Å². The standard InChI is InChI=1S/C17H21NO/c1-5-6-7-12-8-9-14-13(10-12)16(17(2,3)4)15(11-18)19-14/h8-10H,5-7H2,1-4H3. The SMILES string of the molecule is CCCCc1ccc2oc(C#N)c(C(C)(C)C)c2c1. The summed E-state index contributed by atoms with van der Waals surface area (Å²) in [6.07, 6.45) is 3.47. The van der Waals surface area contributed by atoms with Crippen molar-refractivity contribution >= 4 is 11.0 Å². The summed E-state index contributed by atoms with van der Waals surface area (Å²) in [5.41, 5.74) is 3.09. The number of nitriles is 1. The van der Waals surface area contributed by atoms with Crippen molar-refractivity contribution in [2.75, 3.05) is 0 Å². The first kappa shape index (κ1) is 13.7. The summed E-state index contributed by atoms with van der Waals surface area (Å²) in [5.74, 6) is 0.454. The predicted molar refractivity (Wildman–Crippen MR) is 78.2 cm³/mol. The molecule has 0 bridgehead atoms. The number of rotatable bonds is 3. The van der Waals surface area contributed by atoms with Crippen molar-refractivity contribution in [3.8, 4) is 6.07 Å². The molecule has 0 radical (unpaired) electrons. The highest BCUT2D eigenvalue weighted by atomic mass is 16.3. The van der Waals surface area contributed by atoms with Crippen molar-refractivity contribution in [2.24, 2.45) is 0 Å². The zero-order valence-electron chi connectivity index (χ0n) is 12.2. The Morgan fingerprint density at radius 1 is 1.26 bits per heavy atom. The molecule has 0 N–H and O–H groups in total. The van der Waals surface area contributed by atoms with Crippen LogP contribution in [0.2, 0.25) is 0 Å². The molecular formula is C17H21NO. The molecule has 2 nitrogen and oxygen atoms in total. The number of nitrogens with zero attached hydrogens (tertiary/aromatic N) is 1. The number of fused-ring (bicyclic) bond motifs is 1. The second-order valence-electron chi connectivity index (χ2n) is 6.10. The molecule has 100 valence electrons. The maximum Gasteiger partial charge on any atom is 0.208 e. The molecule has 0 aliphatic rings. The summed E-state index contributed by atoms with van der Waals surface area (Å²) < 4.78 is 5.67. The lowest BCUT2D eigenvalue weighted by Crippen LogP contribution is -2.12. The molecular weight excluding hydrogens is 234 g/mol. The highest BCUT2D eigenvalue weighted by Gasteiger charge is 2.25. The van der Waals surface area contributed by atoms with Crippen molar-refractivity contribution in [2.45, 2.75) is 52.4 Å². The first-order chi connectivity index (χ1) is 8.97. The van der Waals surface area contributed by atoms with Gasteiger partial charge in [-0.25, -0.2) is 0 Å². The fraction of sp³-hybridized carbons (Fsp3) is 0.471. The van der Waals surface area contributed by atoms with E-state index in [4.69, 9.17) is 4.42 Å². The van der Waals surface area contributed by atoms with Gasteiger partial charge < -0.3 is 4.42 Å². The number of hydrogen-bond acceptors (Lipinski definition) is 2.